The fourth-order valence-corrected chi connectivity index (χ4v) is 1.68. The Kier molecular flexibility index (Phi) is 4.79. The van der Waals surface area contributed by atoms with Crippen LogP contribution in [0.1, 0.15) is 23.6 Å². The minimum Gasteiger partial charge on any atom is -0.327 e. The number of nitrogens with two attached hydrogens (primary N) is 1. The molecule has 3 N–H and O–H groups in total. The lowest BCUT2D eigenvalue weighted by atomic mass is 10.0. The number of benzene rings is 1. The van der Waals surface area contributed by atoms with Crippen molar-refractivity contribution in [2.75, 3.05) is 13.1 Å². The zero-order valence-electron chi connectivity index (χ0n) is 10.0. The van der Waals surface area contributed by atoms with E-state index in [1.165, 1.54) is 16.7 Å². The van der Waals surface area contributed by atoms with Gasteiger partial charge in [0.2, 0.25) is 0 Å². The molecular formula is C13H22N2. The number of aryl methyl sites for hydroxylation is 2. The first kappa shape index (κ1) is 12.2. The van der Waals surface area contributed by atoms with Gasteiger partial charge in [-0.3, -0.25) is 0 Å². The first-order valence-corrected chi connectivity index (χ1v) is 5.62. The quantitative estimate of drug-likeness (QED) is 0.721. The van der Waals surface area contributed by atoms with Gasteiger partial charge in [-0.25, -0.2) is 0 Å². The van der Waals surface area contributed by atoms with Crippen molar-refractivity contribution in [3.05, 3.63) is 34.9 Å². The lowest BCUT2D eigenvalue weighted by Crippen LogP contribution is -2.32. The molecule has 1 rings (SSSR count). The molecule has 0 heterocycles. The number of rotatable bonds is 5. The van der Waals surface area contributed by atoms with Gasteiger partial charge in [0, 0.05) is 12.6 Å². The maximum atomic E-state index is 5.66. The first-order chi connectivity index (χ1) is 7.09. The van der Waals surface area contributed by atoms with E-state index in [2.05, 4.69) is 37.4 Å². The zero-order valence-corrected chi connectivity index (χ0v) is 10.0. The van der Waals surface area contributed by atoms with E-state index in [-0.39, 0.29) is 6.04 Å². The second kappa shape index (κ2) is 5.89. The number of nitrogens with one attached hydrogen (secondary N) is 1. The standard InChI is InChI=1S/C13H22N2/c1-10-4-5-13(11(2)8-10)6-7-15-9-12(3)14/h4-5,8,12,15H,6-7,9,14H2,1-3H3. The Labute approximate surface area is 92.9 Å². The molecule has 2 nitrogen and oxygen atoms in total. The van der Waals surface area contributed by atoms with Crippen LogP contribution >= 0.6 is 0 Å². The van der Waals surface area contributed by atoms with Crippen LogP contribution < -0.4 is 11.1 Å². The summed E-state index contributed by atoms with van der Waals surface area (Å²) >= 11 is 0. The van der Waals surface area contributed by atoms with Crippen molar-refractivity contribution in [1.82, 2.24) is 5.32 Å². The minimum absolute atomic E-state index is 0.240. The molecule has 1 atom stereocenters. The summed E-state index contributed by atoms with van der Waals surface area (Å²) in [6.45, 7) is 8.22. The van der Waals surface area contributed by atoms with Crippen LogP contribution in [-0.4, -0.2) is 19.1 Å². The SMILES string of the molecule is Cc1ccc(CCNCC(C)N)c(C)c1. The minimum atomic E-state index is 0.240. The van der Waals surface area contributed by atoms with Gasteiger partial charge in [0.05, 0.1) is 0 Å². The van der Waals surface area contributed by atoms with Crippen molar-refractivity contribution in [3.63, 3.8) is 0 Å². The third-order valence-corrected chi connectivity index (χ3v) is 2.54. The second-order valence-corrected chi connectivity index (χ2v) is 4.36. The summed E-state index contributed by atoms with van der Waals surface area (Å²) in [5.74, 6) is 0. The molecule has 0 aliphatic carbocycles. The Morgan fingerprint density at radius 1 is 1.33 bits per heavy atom. The maximum Gasteiger partial charge on any atom is 0.0136 e. The smallest absolute Gasteiger partial charge is 0.0136 e. The number of hydrogen-bond donors (Lipinski definition) is 2. The third-order valence-electron chi connectivity index (χ3n) is 2.54. The van der Waals surface area contributed by atoms with Gasteiger partial charge in [-0.05, 0) is 44.9 Å². The zero-order chi connectivity index (χ0) is 11.3. The fourth-order valence-electron chi connectivity index (χ4n) is 1.68. The topological polar surface area (TPSA) is 38.0 Å². The largest absolute Gasteiger partial charge is 0.327 e. The van der Waals surface area contributed by atoms with Gasteiger partial charge in [-0.15, -0.1) is 0 Å². The summed E-state index contributed by atoms with van der Waals surface area (Å²) in [7, 11) is 0. The van der Waals surface area contributed by atoms with E-state index in [1.807, 2.05) is 6.92 Å². The Bertz CT molecular complexity index is 305. The van der Waals surface area contributed by atoms with E-state index in [0.717, 1.165) is 19.5 Å². The van der Waals surface area contributed by atoms with E-state index < -0.39 is 0 Å². The molecule has 0 aliphatic heterocycles. The van der Waals surface area contributed by atoms with E-state index in [1.54, 1.807) is 0 Å². The predicted molar refractivity (Wildman–Crippen MR) is 66.1 cm³/mol. The summed E-state index contributed by atoms with van der Waals surface area (Å²) in [4.78, 5) is 0. The van der Waals surface area contributed by atoms with Crippen molar-refractivity contribution >= 4 is 0 Å². The Hall–Kier alpha value is -0.860. The van der Waals surface area contributed by atoms with E-state index >= 15 is 0 Å². The molecular weight excluding hydrogens is 184 g/mol. The van der Waals surface area contributed by atoms with Crippen molar-refractivity contribution in [2.45, 2.75) is 33.2 Å². The van der Waals surface area contributed by atoms with Crippen LogP contribution in [-0.2, 0) is 6.42 Å². The highest BCUT2D eigenvalue weighted by molar-refractivity contribution is 5.30. The average molecular weight is 206 g/mol. The Morgan fingerprint density at radius 3 is 2.67 bits per heavy atom. The van der Waals surface area contributed by atoms with E-state index in [9.17, 15) is 0 Å². The molecule has 1 aromatic rings. The van der Waals surface area contributed by atoms with Crippen molar-refractivity contribution in [3.8, 4) is 0 Å². The van der Waals surface area contributed by atoms with Crippen LogP contribution in [0.15, 0.2) is 18.2 Å². The highest BCUT2D eigenvalue weighted by atomic mass is 14.9. The van der Waals surface area contributed by atoms with Crippen molar-refractivity contribution in [1.29, 1.82) is 0 Å². The molecule has 15 heavy (non-hydrogen) atoms. The van der Waals surface area contributed by atoms with Crippen LogP contribution in [0.25, 0.3) is 0 Å². The molecule has 0 amide bonds. The molecule has 0 aromatic heterocycles. The van der Waals surface area contributed by atoms with Gasteiger partial charge in [-0.2, -0.15) is 0 Å². The monoisotopic (exact) mass is 206 g/mol. The van der Waals surface area contributed by atoms with Gasteiger partial charge in [0.15, 0.2) is 0 Å². The molecule has 2 heteroatoms. The van der Waals surface area contributed by atoms with E-state index in [4.69, 9.17) is 5.73 Å². The summed E-state index contributed by atoms with van der Waals surface area (Å²) < 4.78 is 0. The van der Waals surface area contributed by atoms with Gasteiger partial charge >= 0.3 is 0 Å². The molecule has 0 radical (unpaired) electrons. The van der Waals surface area contributed by atoms with Gasteiger partial charge in [0.25, 0.3) is 0 Å². The molecule has 0 saturated heterocycles. The summed E-state index contributed by atoms with van der Waals surface area (Å²) in [5.41, 5.74) is 9.81. The first-order valence-electron chi connectivity index (χ1n) is 5.62. The van der Waals surface area contributed by atoms with Crippen LogP contribution in [0.4, 0.5) is 0 Å². The van der Waals surface area contributed by atoms with Crippen LogP contribution in [0, 0.1) is 13.8 Å². The lowest BCUT2D eigenvalue weighted by molar-refractivity contribution is 0.608. The third kappa shape index (κ3) is 4.45. The number of hydrogen-bond acceptors (Lipinski definition) is 2. The van der Waals surface area contributed by atoms with Crippen LogP contribution in [0.3, 0.4) is 0 Å². The molecule has 1 aromatic carbocycles. The highest BCUT2D eigenvalue weighted by Gasteiger charge is 1.98. The van der Waals surface area contributed by atoms with Gasteiger partial charge in [0.1, 0.15) is 0 Å². The average Bonchev–Trinajstić information content (AvgIpc) is 2.14. The molecule has 0 bridgehead atoms. The second-order valence-electron chi connectivity index (χ2n) is 4.36. The Balaban J connectivity index is 2.37. The molecule has 0 spiro atoms. The van der Waals surface area contributed by atoms with Crippen LogP contribution in [0.2, 0.25) is 0 Å². The van der Waals surface area contributed by atoms with E-state index in [0.29, 0.717) is 0 Å². The van der Waals surface area contributed by atoms with Crippen molar-refractivity contribution < 1.29 is 0 Å². The molecule has 0 saturated carbocycles. The maximum absolute atomic E-state index is 5.66. The predicted octanol–water partition coefficient (Wildman–Crippen LogP) is 1.78. The highest BCUT2D eigenvalue weighted by Crippen LogP contribution is 2.10. The molecule has 84 valence electrons. The van der Waals surface area contributed by atoms with Crippen molar-refractivity contribution in [2.24, 2.45) is 5.73 Å². The van der Waals surface area contributed by atoms with Gasteiger partial charge < -0.3 is 11.1 Å². The molecule has 1 unspecified atom stereocenters. The summed E-state index contributed by atoms with van der Waals surface area (Å²) in [6, 6.07) is 6.87. The molecule has 0 aliphatic rings. The lowest BCUT2D eigenvalue weighted by Gasteiger charge is -2.09. The normalized spacial score (nSPS) is 12.8. The van der Waals surface area contributed by atoms with Crippen LogP contribution in [0.5, 0.6) is 0 Å². The summed E-state index contributed by atoms with van der Waals surface area (Å²) in [6.07, 6.45) is 1.08. The van der Waals surface area contributed by atoms with Gasteiger partial charge in [-0.1, -0.05) is 23.8 Å². The Morgan fingerprint density at radius 2 is 2.07 bits per heavy atom. The summed E-state index contributed by atoms with van der Waals surface area (Å²) in [5, 5.41) is 3.35. The molecule has 0 fully saturated rings. The fraction of sp³-hybridized carbons (Fsp3) is 0.538.